The number of hydrogen-bond donors (Lipinski definition) is 0. The largest absolute Gasteiger partial charge is 0.459 e. The highest BCUT2D eigenvalue weighted by molar-refractivity contribution is 5.72. The van der Waals surface area contributed by atoms with Gasteiger partial charge in [0.2, 0.25) is 0 Å². The first-order valence-corrected chi connectivity index (χ1v) is 7.37. The van der Waals surface area contributed by atoms with Crippen molar-refractivity contribution in [2.24, 2.45) is 5.92 Å². The smallest absolute Gasteiger partial charge is 0.309 e. The highest BCUT2D eigenvalue weighted by Crippen LogP contribution is 2.16. The van der Waals surface area contributed by atoms with Crippen LogP contribution in [0.15, 0.2) is 29.2 Å². The number of aryl methyl sites for hydroxylation is 1. The molecule has 3 heterocycles. The number of ether oxygens (including phenoxy) is 2. The third-order valence-corrected chi connectivity index (χ3v) is 3.78. The lowest BCUT2D eigenvalue weighted by Crippen LogP contribution is -2.25. The Hall–Kier alpha value is -2.21. The minimum absolute atomic E-state index is 0.0236. The average Bonchev–Trinajstić information content (AvgIpc) is 2.54. The molecule has 22 heavy (non-hydrogen) atoms. The van der Waals surface area contributed by atoms with E-state index in [1.807, 2.05) is 13.0 Å². The van der Waals surface area contributed by atoms with Crippen molar-refractivity contribution in [1.29, 1.82) is 0 Å². The highest BCUT2D eigenvalue weighted by atomic mass is 16.5. The SMILES string of the molecule is Cc1ccc2nc(COC(=O)C3CCOCC3)cc(=O)n2c1. The Labute approximate surface area is 127 Å². The molecule has 0 amide bonds. The zero-order valence-corrected chi connectivity index (χ0v) is 12.4. The van der Waals surface area contributed by atoms with E-state index in [4.69, 9.17) is 9.47 Å². The van der Waals surface area contributed by atoms with E-state index in [-0.39, 0.29) is 24.1 Å². The molecule has 2 aromatic heterocycles. The molecular weight excluding hydrogens is 284 g/mol. The van der Waals surface area contributed by atoms with Gasteiger partial charge in [-0.25, -0.2) is 4.98 Å². The molecule has 1 saturated heterocycles. The van der Waals surface area contributed by atoms with Gasteiger partial charge in [-0.15, -0.1) is 0 Å². The summed E-state index contributed by atoms with van der Waals surface area (Å²) in [7, 11) is 0. The maximum absolute atomic E-state index is 12.1. The summed E-state index contributed by atoms with van der Waals surface area (Å²) in [6.07, 6.45) is 3.11. The van der Waals surface area contributed by atoms with E-state index in [0.29, 0.717) is 37.4 Å². The van der Waals surface area contributed by atoms with E-state index in [1.54, 1.807) is 12.3 Å². The molecule has 2 aromatic rings. The van der Waals surface area contributed by atoms with E-state index in [9.17, 15) is 9.59 Å². The summed E-state index contributed by atoms with van der Waals surface area (Å²) in [4.78, 5) is 28.4. The standard InChI is InChI=1S/C16H18N2O4/c1-11-2-3-14-17-13(8-15(19)18(14)9-11)10-22-16(20)12-4-6-21-7-5-12/h2-3,8-9,12H,4-7,10H2,1H3. The first-order chi connectivity index (χ1) is 10.6. The predicted octanol–water partition coefficient (Wildman–Crippen LogP) is 1.47. The van der Waals surface area contributed by atoms with Crippen molar-refractivity contribution < 1.29 is 14.3 Å². The quantitative estimate of drug-likeness (QED) is 0.803. The molecule has 3 rings (SSSR count). The van der Waals surface area contributed by atoms with Crippen LogP contribution in [0.2, 0.25) is 0 Å². The fourth-order valence-corrected chi connectivity index (χ4v) is 2.53. The molecule has 0 saturated carbocycles. The minimum atomic E-state index is -0.241. The molecular formula is C16H18N2O4. The molecule has 0 N–H and O–H groups in total. The molecule has 0 aliphatic carbocycles. The molecule has 116 valence electrons. The summed E-state index contributed by atoms with van der Waals surface area (Å²) >= 11 is 0. The molecule has 0 unspecified atom stereocenters. The Morgan fingerprint density at radius 1 is 1.41 bits per heavy atom. The lowest BCUT2D eigenvalue weighted by molar-refractivity contribution is -0.153. The number of pyridine rings is 1. The van der Waals surface area contributed by atoms with E-state index in [0.717, 1.165) is 5.56 Å². The van der Waals surface area contributed by atoms with E-state index >= 15 is 0 Å². The predicted molar refractivity (Wildman–Crippen MR) is 79.5 cm³/mol. The molecule has 0 bridgehead atoms. The van der Waals surface area contributed by atoms with Crippen molar-refractivity contribution in [1.82, 2.24) is 9.38 Å². The second kappa shape index (κ2) is 6.27. The van der Waals surface area contributed by atoms with Crippen LogP contribution in [0.1, 0.15) is 24.1 Å². The van der Waals surface area contributed by atoms with Crippen LogP contribution in [0.25, 0.3) is 5.65 Å². The van der Waals surface area contributed by atoms with Crippen molar-refractivity contribution in [2.75, 3.05) is 13.2 Å². The Balaban J connectivity index is 1.72. The Kier molecular flexibility index (Phi) is 4.20. The zero-order valence-electron chi connectivity index (χ0n) is 12.4. The summed E-state index contributed by atoms with van der Waals surface area (Å²) in [5.74, 6) is -0.354. The Morgan fingerprint density at radius 3 is 2.95 bits per heavy atom. The molecule has 0 aromatic carbocycles. The van der Waals surface area contributed by atoms with Gasteiger partial charge in [0.1, 0.15) is 12.3 Å². The lowest BCUT2D eigenvalue weighted by atomic mass is 10.0. The molecule has 0 radical (unpaired) electrons. The van der Waals surface area contributed by atoms with Crippen molar-refractivity contribution in [3.8, 4) is 0 Å². The Morgan fingerprint density at radius 2 is 2.18 bits per heavy atom. The van der Waals surface area contributed by atoms with Gasteiger partial charge in [0, 0.05) is 25.5 Å². The molecule has 1 fully saturated rings. The number of carbonyl (C=O) groups excluding carboxylic acids is 1. The summed E-state index contributed by atoms with van der Waals surface area (Å²) < 4.78 is 12.0. The van der Waals surface area contributed by atoms with Crippen molar-refractivity contribution >= 4 is 11.6 Å². The van der Waals surface area contributed by atoms with Crippen LogP contribution in [-0.2, 0) is 20.9 Å². The minimum Gasteiger partial charge on any atom is -0.459 e. The monoisotopic (exact) mass is 302 g/mol. The maximum atomic E-state index is 12.1. The van der Waals surface area contributed by atoms with Gasteiger partial charge in [0.05, 0.1) is 11.6 Å². The summed E-state index contributed by atoms with van der Waals surface area (Å²) in [6, 6.07) is 5.07. The number of fused-ring (bicyclic) bond motifs is 1. The first kappa shape index (κ1) is 14.7. The molecule has 6 nitrogen and oxygen atoms in total. The van der Waals surface area contributed by atoms with Gasteiger partial charge in [-0.1, -0.05) is 6.07 Å². The van der Waals surface area contributed by atoms with Gasteiger partial charge < -0.3 is 9.47 Å². The number of rotatable bonds is 3. The summed E-state index contributed by atoms with van der Waals surface area (Å²) in [5, 5.41) is 0. The first-order valence-electron chi connectivity index (χ1n) is 7.37. The third kappa shape index (κ3) is 3.17. The van der Waals surface area contributed by atoms with Crippen LogP contribution >= 0.6 is 0 Å². The van der Waals surface area contributed by atoms with Gasteiger partial charge in [-0.3, -0.25) is 14.0 Å². The van der Waals surface area contributed by atoms with Gasteiger partial charge >= 0.3 is 5.97 Å². The van der Waals surface area contributed by atoms with Crippen LogP contribution in [-0.4, -0.2) is 28.6 Å². The number of hydrogen-bond acceptors (Lipinski definition) is 5. The van der Waals surface area contributed by atoms with Crippen LogP contribution in [0, 0.1) is 12.8 Å². The number of nitrogens with zero attached hydrogens (tertiary/aromatic N) is 2. The number of aromatic nitrogens is 2. The topological polar surface area (TPSA) is 69.9 Å². The molecule has 0 atom stereocenters. The molecule has 1 aliphatic rings. The van der Waals surface area contributed by atoms with Crippen LogP contribution in [0.5, 0.6) is 0 Å². The van der Waals surface area contributed by atoms with Crippen LogP contribution < -0.4 is 5.56 Å². The van der Waals surface area contributed by atoms with Gasteiger partial charge in [-0.05, 0) is 31.4 Å². The third-order valence-electron chi connectivity index (χ3n) is 3.78. The van der Waals surface area contributed by atoms with Crippen LogP contribution in [0.3, 0.4) is 0 Å². The van der Waals surface area contributed by atoms with Gasteiger partial charge in [0.25, 0.3) is 5.56 Å². The van der Waals surface area contributed by atoms with Gasteiger partial charge in [0.15, 0.2) is 0 Å². The normalized spacial score (nSPS) is 15.9. The van der Waals surface area contributed by atoms with E-state index in [1.165, 1.54) is 10.5 Å². The van der Waals surface area contributed by atoms with E-state index in [2.05, 4.69) is 4.98 Å². The fourth-order valence-electron chi connectivity index (χ4n) is 2.53. The molecule has 1 aliphatic heterocycles. The van der Waals surface area contributed by atoms with E-state index < -0.39 is 0 Å². The molecule has 6 heteroatoms. The van der Waals surface area contributed by atoms with Crippen molar-refractivity contribution in [2.45, 2.75) is 26.4 Å². The second-order valence-corrected chi connectivity index (χ2v) is 5.51. The number of carbonyl (C=O) groups is 1. The number of esters is 1. The average molecular weight is 302 g/mol. The Bertz CT molecular complexity index is 747. The summed E-state index contributed by atoms with van der Waals surface area (Å²) in [6.45, 7) is 3.12. The zero-order chi connectivity index (χ0) is 15.5. The molecule has 0 spiro atoms. The highest BCUT2D eigenvalue weighted by Gasteiger charge is 2.23. The van der Waals surface area contributed by atoms with Crippen molar-refractivity contribution in [3.05, 3.63) is 46.0 Å². The summed E-state index contributed by atoms with van der Waals surface area (Å²) in [5.41, 5.74) is 1.82. The fraction of sp³-hybridized carbons (Fsp3) is 0.438. The van der Waals surface area contributed by atoms with Crippen molar-refractivity contribution in [3.63, 3.8) is 0 Å². The lowest BCUT2D eigenvalue weighted by Gasteiger charge is -2.20. The second-order valence-electron chi connectivity index (χ2n) is 5.51. The van der Waals surface area contributed by atoms with Gasteiger partial charge in [-0.2, -0.15) is 0 Å². The van der Waals surface area contributed by atoms with Crippen LogP contribution in [0.4, 0.5) is 0 Å². The maximum Gasteiger partial charge on any atom is 0.309 e.